The summed E-state index contributed by atoms with van der Waals surface area (Å²) in [5, 5.41) is -25.7. The highest BCUT2D eigenvalue weighted by Gasteiger charge is 2.82. The van der Waals surface area contributed by atoms with Gasteiger partial charge in [-0.15, -0.1) is 0 Å². The van der Waals surface area contributed by atoms with Crippen LogP contribution in [0.1, 0.15) is 0 Å². The molecule has 4 rings (SSSR count). The Bertz CT molecular complexity index is 1670. The number of ether oxygens (including phenoxy) is 2. The molecule has 0 aromatic rings. The Morgan fingerprint density at radius 2 is 0.827 bits per heavy atom. The average molecular weight is 908 g/mol. The molecule has 15 nitrogen and oxygen atoms in total. The number of morpholine rings is 2. The van der Waals surface area contributed by atoms with Crippen LogP contribution < -0.4 is 0 Å². The molecule has 0 amide bonds. The van der Waals surface area contributed by atoms with Crippen LogP contribution in [0.2, 0.25) is 0 Å². The van der Waals surface area contributed by atoms with Crippen LogP contribution in [0.5, 0.6) is 0 Å². The number of rotatable bonds is 1. The monoisotopic (exact) mass is 907 g/mol. The lowest BCUT2D eigenvalue weighted by Gasteiger charge is -2.42. The zero-order chi connectivity index (χ0) is 40.0. The number of halogens is 15. The summed E-state index contributed by atoms with van der Waals surface area (Å²) < 4.78 is 275. The minimum Gasteiger partial charge on any atom is -0.425 e. The molecule has 0 atom stereocenters. The first kappa shape index (κ1) is 52.6. The third kappa shape index (κ3) is 8.96. The summed E-state index contributed by atoms with van der Waals surface area (Å²) >= 11 is 0. The van der Waals surface area contributed by atoms with Gasteiger partial charge in [-0.25, -0.2) is 16.8 Å². The summed E-state index contributed by atoms with van der Waals surface area (Å²) in [5.74, 6) is -6.60. The Hall–Kier alpha value is -1.50. The van der Waals surface area contributed by atoms with Gasteiger partial charge in [0.1, 0.15) is 19.7 Å². The Morgan fingerprint density at radius 3 is 1.02 bits per heavy atom. The topological polar surface area (TPSA) is 210 Å². The molecule has 0 aliphatic carbocycles. The van der Waals surface area contributed by atoms with Gasteiger partial charge in [-0.3, -0.25) is 34.7 Å². The maximum Gasteiger partial charge on any atom is 0.470 e. The van der Waals surface area contributed by atoms with Crippen LogP contribution in [0, 0.1) is 3.91 Å². The normalized spacial score (nSPS) is 27.9. The first-order chi connectivity index (χ1) is 21.9. The molecule has 52 heavy (non-hydrogen) atoms. The van der Waals surface area contributed by atoms with E-state index in [1.807, 2.05) is 0 Å². The van der Waals surface area contributed by atoms with E-state index in [9.17, 15) is 99.2 Å². The molecule has 4 aliphatic heterocycles. The van der Waals surface area contributed by atoms with E-state index < -0.39 is 85.9 Å². The largest absolute Gasteiger partial charge is 0.470 e. The van der Waals surface area contributed by atoms with Crippen LogP contribution in [0.25, 0.3) is 4.13 Å². The third-order valence-corrected chi connectivity index (χ3v) is 17.3. The lowest BCUT2D eigenvalue weighted by atomic mass is 10.3. The standard InChI is InChI=1S/2C5H11NO.C4F7O6S3.C3F6NO4S2.2FH/c2*1-6-2-4-7-5-3-6;5-2(6)3(7,8)19(14,15)1(18(2,12)13)20(16,17)4(9,10)11;4-1(5)2(6,7)15(11,12)10-16(13,14)3(1,8)9;;/h2*2-5H2,1H3;;;2*1H/q;;2*-1;;. The second-order valence-corrected chi connectivity index (χ2v) is 19.7. The van der Waals surface area contributed by atoms with E-state index in [2.05, 4.69) is 23.9 Å². The van der Waals surface area contributed by atoms with Gasteiger partial charge in [0, 0.05) is 26.2 Å². The molecule has 4 saturated heterocycles. The predicted octanol–water partition coefficient (Wildman–Crippen LogP) is 1.45. The summed E-state index contributed by atoms with van der Waals surface area (Å²) in [4.78, 5) is 4.53. The molecular weight excluding hydrogens is 884 g/mol. The number of hydrogen-bond acceptors (Lipinski definition) is 14. The Balaban J connectivity index is 0. The third-order valence-electron chi connectivity index (χ3n) is 6.02. The van der Waals surface area contributed by atoms with Gasteiger partial charge < -0.3 is 23.4 Å². The van der Waals surface area contributed by atoms with Crippen LogP contribution in [0.3, 0.4) is 0 Å². The molecule has 316 valence electrons. The first-order valence-electron chi connectivity index (χ1n) is 12.2. The Labute approximate surface area is 284 Å². The predicted molar refractivity (Wildman–Crippen MR) is 144 cm³/mol. The number of likely N-dealkylation sites (N-methyl/N-ethyl adjacent to an activating group) is 2. The molecule has 0 saturated carbocycles. The number of hydrogen-bond donors (Lipinski definition) is 0. The van der Waals surface area contributed by atoms with E-state index in [1.165, 1.54) is 0 Å². The van der Waals surface area contributed by atoms with Gasteiger partial charge in [-0.05, 0) is 14.1 Å². The van der Waals surface area contributed by atoms with Crippen LogP contribution in [0.15, 0.2) is 0 Å². The zero-order valence-electron chi connectivity index (χ0n) is 25.2. The first-order valence-corrected chi connectivity index (χ1v) is 19.5. The fourth-order valence-electron chi connectivity index (χ4n) is 3.08. The highest BCUT2D eigenvalue weighted by molar-refractivity contribution is 8.31. The van der Waals surface area contributed by atoms with Crippen LogP contribution in [-0.2, 0) is 59.0 Å². The molecule has 0 spiro atoms. The van der Waals surface area contributed by atoms with Crippen LogP contribution in [0.4, 0.5) is 66.5 Å². The van der Waals surface area contributed by atoms with Crippen LogP contribution in [-0.4, -0.2) is 151 Å². The molecule has 4 aliphatic rings. The molecule has 0 radical (unpaired) electrons. The van der Waals surface area contributed by atoms with Gasteiger partial charge in [-0.1, -0.05) is 0 Å². The maximum atomic E-state index is 12.8. The van der Waals surface area contributed by atoms with Crippen molar-refractivity contribution >= 4 is 49.6 Å². The molecule has 4 fully saturated rings. The second-order valence-electron chi connectivity index (χ2n) is 9.70. The van der Waals surface area contributed by atoms with Gasteiger partial charge >= 0.3 is 32.4 Å². The van der Waals surface area contributed by atoms with Gasteiger partial charge in [-0.2, -0.15) is 57.1 Å². The van der Waals surface area contributed by atoms with Crippen molar-refractivity contribution in [3.63, 3.8) is 0 Å². The number of sulfone groups is 3. The van der Waals surface area contributed by atoms with Gasteiger partial charge in [0.05, 0.1) is 30.3 Å². The molecule has 4 heterocycles. The minimum absolute atomic E-state index is 0. The van der Waals surface area contributed by atoms with Crippen molar-refractivity contribution in [2.24, 2.45) is 0 Å². The second kappa shape index (κ2) is 16.3. The van der Waals surface area contributed by atoms with E-state index in [-0.39, 0.29) is 9.41 Å². The molecule has 0 N–H and O–H groups in total. The van der Waals surface area contributed by atoms with Crippen molar-refractivity contribution in [1.82, 2.24) is 9.80 Å². The average Bonchev–Trinajstić information content (AvgIpc) is 2.99. The molecule has 0 aromatic carbocycles. The van der Waals surface area contributed by atoms with E-state index >= 15 is 0 Å². The van der Waals surface area contributed by atoms with Gasteiger partial charge in [0.15, 0.2) is 29.9 Å². The number of alkyl halides is 13. The van der Waals surface area contributed by atoms with E-state index in [0.717, 1.165) is 56.7 Å². The van der Waals surface area contributed by atoms with Crippen molar-refractivity contribution in [3.05, 3.63) is 8.04 Å². The van der Waals surface area contributed by atoms with Crippen molar-refractivity contribution < 1.29 is 118 Å². The van der Waals surface area contributed by atoms with Gasteiger partial charge in [0.25, 0.3) is 0 Å². The fraction of sp³-hybridized carbons (Fsp3) is 0.941. The zero-order valence-corrected chi connectivity index (χ0v) is 29.3. The lowest BCUT2D eigenvalue weighted by Crippen LogP contribution is -2.64. The van der Waals surface area contributed by atoms with Crippen molar-refractivity contribution in [2.75, 3.05) is 66.7 Å². The number of nitrogens with zero attached hydrogens (tertiary/aromatic N) is 3. The highest BCUT2D eigenvalue weighted by atomic mass is 32.3. The molecule has 35 heteroatoms. The molecule has 0 aromatic heterocycles. The summed E-state index contributed by atoms with van der Waals surface area (Å²) in [6.45, 7) is 8.04. The van der Waals surface area contributed by atoms with Gasteiger partial charge in [0.2, 0.25) is 0 Å². The van der Waals surface area contributed by atoms with E-state index in [1.54, 1.807) is 0 Å². The van der Waals surface area contributed by atoms with Crippen molar-refractivity contribution in [2.45, 2.75) is 32.4 Å². The Kier molecular flexibility index (Phi) is 16.5. The summed E-state index contributed by atoms with van der Waals surface area (Å²) in [5.41, 5.74) is -6.68. The van der Waals surface area contributed by atoms with Crippen LogP contribution >= 0.6 is 0 Å². The quantitative estimate of drug-likeness (QED) is 0.270. The minimum atomic E-state index is -7.45. The van der Waals surface area contributed by atoms with E-state index in [4.69, 9.17) is 9.47 Å². The molecule has 0 bridgehead atoms. The number of sulfonamides is 2. The molecule has 0 unspecified atom stereocenters. The fourth-order valence-corrected chi connectivity index (χ4v) is 13.0. The maximum absolute atomic E-state index is 12.8. The van der Waals surface area contributed by atoms with Crippen molar-refractivity contribution in [3.8, 4) is 0 Å². The Morgan fingerprint density at radius 1 is 0.577 bits per heavy atom. The smallest absolute Gasteiger partial charge is 0.425 e. The highest BCUT2D eigenvalue weighted by Crippen LogP contribution is 2.60. The summed E-state index contributed by atoms with van der Waals surface area (Å²) in [6, 6.07) is 0. The SMILES string of the molecule is CN1CCOCC1.CN1CCOCC1.F.F.O=S(=O)([C-]1S(=O)(=O)C(F)(F)C(F)(F)S1(=O)=O)C(F)(F)F.O=S1(=O)[N-]S(=O)(=O)C(F)(F)C(F)(F)C1(F)F. The van der Waals surface area contributed by atoms with Crippen molar-refractivity contribution in [1.29, 1.82) is 0 Å². The summed E-state index contributed by atoms with van der Waals surface area (Å²) in [7, 11) is -30.9. The lowest BCUT2D eigenvalue weighted by molar-refractivity contribution is -0.244. The van der Waals surface area contributed by atoms with E-state index in [0.29, 0.717) is 0 Å². The molecular formula is C17H24F15N3O12S5-2. The summed E-state index contributed by atoms with van der Waals surface area (Å²) in [6.07, 6.45) is 0.